The third kappa shape index (κ3) is 5.82. The molecule has 0 aliphatic heterocycles. The molecule has 0 radical (unpaired) electrons. The van der Waals surface area contributed by atoms with Gasteiger partial charge >= 0.3 is 0 Å². The Hall–Kier alpha value is -8.49. The highest BCUT2D eigenvalue weighted by atomic mass is 14.8. The van der Waals surface area contributed by atoms with Gasteiger partial charge in [0.2, 0.25) is 0 Å². The first-order chi connectivity index (χ1) is 27.5. The Bertz CT molecular complexity index is 3150. The van der Waals surface area contributed by atoms with E-state index in [1.807, 2.05) is 109 Å². The molecule has 0 amide bonds. The molecule has 0 bridgehead atoms. The van der Waals surface area contributed by atoms with E-state index in [9.17, 15) is 21.0 Å². The highest BCUT2D eigenvalue weighted by molar-refractivity contribution is 6.24. The molecule has 0 saturated carbocycles. The molecular weight excluding hydrogens is 687 g/mol. The van der Waals surface area contributed by atoms with Crippen molar-refractivity contribution in [3.05, 3.63) is 174 Å². The lowest BCUT2D eigenvalue weighted by atomic mass is 9.91. The van der Waals surface area contributed by atoms with Crippen LogP contribution in [0, 0.1) is 45.3 Å². The Morgan fingerprint density at radius 3 is 1.36 bits per heavy atom. The molecule has 0 N–H and O–H groups in total. The van der Waals surface area contributed by atoms with Crippen molar-refractivity contribution >= 4 is 32.7 Å². The van der Waals surface area contributed by atoms with Crippen LogP contribution in [0.2, 0.25) is 0 Å². The average Bonchev–Trinajstić information content (AvgIpc) is 3.28. The molecule has 0 unspecified atom stereocenters. The summed E-state index contributed by atoms with van der Waals surface area (Å²) in [4.78, 5) is 16.2. The predicted octanol–water partition coefficient (Wildman–Crippen LogP) is 11.2. The Kier molecular flexibility index (Phi) is 8.23. The molecule has 2 heterocycles. The summed E-state index contributed by atoms with van der Waals surface area (Å²) in [6.45, 7) is 0. The van der Waals surface area contributed by atoms with Gasteiger partial charge in [-0.2, -0.15) is 21.0 Å². The lowest BCUT2D eigenvalue weighted by Gasteiger charge is -2.18. The Morgan fingerprint density at radius 2 is 0.804 bits per heavy atom. The van der Waals surface area contributed by atoms with Crippen LogP contribution < -0.4 is 0 Å². The molecule has 0 aliphatic rings. The van der Waals surface area contributed by atoms with Crippen molar-refractivity contribution in [2.24, 2.45) is 0 Å². The Balaban J connectivity index is 1.41. The van der Waals surface area contributed by atoms with E-state index in [1.165, 1.54) is 0 Å². The molecule has 9 rings (SSSR count). The van der Waals surface area contributed by atoms with Crippen molar-refractivity contribution in [1.29, 1.82) is 21.0 Å². The molecule has 2 aromatic heterocycles. The molecule has 0 aliphatic carbocycles. The molecule has 256 valence electrons. The highest BCUT2D eigenvalue weighted by Crippen LogP contribution is 2.43. The lowest BCUT2D eigenvalue weighted by molar-refractivity contribution is 1.30. The second-order valence-corrected chi connectivity index (χ2v) is 13.3. The van der Waals surface area contributed by atoms with Crippen molar-refractivity contribution in [2.75, 3.05) is 0 Å². The quantitative estimate of drug-likeness (QED) is 0.162. The van der Waals surface area contributed by atoms with Crippen LogP contribution in [0.1, 0.15) is 22.3 Å². The van der Waals surface area contributed by atoms with Crippen molar-refractivity contribution in [1.82, 2.24) is 15.0 Å². The van der Waals surface area contributed by atoms with Gasteiger partial charge in [0, 0.05) is 38.4 Å². The van der Waals surface area contributed by atoms with Gasteiger partial charge in [-0.3, -0.25) is 0 Å². The summed E-state index contributed by atoms with van der Waals surface area (Å²) in [5, 5.41) is 41.8. The topological polar surface area (TPSA) is 134 Å². The summed E-state index contributed by atoms with van der Waals surface area (Å²) in [6, 6.07) is 56.9. The average molecular weight is 712 g/mol. The van der Waals surface area contributed by atoms with Crippen LogP contribution in [-0.2, 0) is 0 Å². The van der Waals surface area contributed by atoms with Gasteiger partial charge in [0.25, 0.3) is 0 Å². The third-order valence-corrected chi connectivity index (χ3v) is 9.89. The molecule has 7 aromatic carbocycles. The zero-order valence-electron chi connectivity index (χ0n) is 29.6. The number of para-hydroxylation sites is 1. The SMILES string of the molecule is N#Cc1cc(C#N)cc(-c2ccc(-c3nc4ccccc4c4c3cc(-c3cc(C#N)cc(C#N)c3)c3nc(-c5ccccc5)c(-c5ccccc5)nc34)cc2)c1. The van der Waals surface area contributed by atoms with Crippen LogP contribution >= 0.6 is 0 Å². The molecule has 0 spiro atoms. The van der Waals surface area contributed by atoms with Gasteiger partial charge in [-0.15, -0.1) is 0 Å². The van der Waals surface area contributed by atoms with E-state index in [4.69, 9.17) is 15.0 Å². The largest absolute Gasteiger partial charge is 0.247 e. The van der Waals surface area contributed by atoms with E-state index < -0.39 is 0 Å². The van der Waals surface area contributed by atoms with Crippen LogP contribution in [0.5, 0.6) is 0 Å². The fraction of sp³-hybridized carbons (Fsp3) is 0. The summed E-state index contributed by atoms with van der Waals surface area (Å²) < 4.78 is 0. The zero-order valence-corrected chi connectivity index (χ0v) is 29.6. The molecular formula is C49H25N7. The first kappa shape index (κ1) is 33.4. The number of nitriles is 4. The number of aromatic nitrogens is 3. The van der Waals surface area contributed by atoms with E-state index in [-0.39, 0.29) is 0 Å². The lowest BCUT2D eigenvalue weighted by Crippen LogP contribution is -2.00. The van der Waals surface area contributed by atoms with Gasteiger partial charge in [0.15, 0.2) is 0 Å². The fourth-order valence-electron chi connectivity index (χ4n) is 7.32. The van der Waals surface area contributed by atoms with Gasteiger partial charge in [0.1, 0.15) is 0 Å². The zero-order chi connectivity index (χ0) is 38.2. The van der Waals surface area contributed by atoms with E-state index in [0.29, 0.717) is 55.8 Å². The molecule has 0 saturated heterocycles. The minimum atomic E-state index is 0.358. The molecule has 0 fully saturated rings. The van der Waals surface area contributed by atoms with Crippen molar-refractivity contribution in [3.63, 3.8) is 0 Å². The first-order valence-corrected chi connectivity index (χ1v) is 17.7. The number of nitrogens with zero attached hydrogens (tertiary/aromatic N) is 7. The van der Waals surface area contributed by atoms with E-state index >= 15 is 0 Å². The number of benzene rings is 7. The third-order valence-electron chi connectivity index (χ3n) is 9.89. The van der Waals surface area contributed by atoms with Crippen LogP contribution in [-0.4, -0.2) is 15.0 Å². The van der Waals surface area contributed by atoms with E-state index in [0.717, 1.165) is 55.2 Å². The molecule has 7 nitrogen and oxygen atoms in total. The second kappa shape index (κ2) is 13.8. The predicted molar refractivity (Wildman–Crippen MR) is 218 cm³/mol. The number of rotatable bonds is 5. The van der Waals surface area contributed by atoms with Gasteiger partial charge < -0.3 is 0 Å². The summed E-state index contributed by atoms with van der Waals surface area (Å²) in [5.74, 6) is 0. The Morgan fingerprint density at radius 1 is 0.339 bits per heavy atom. The summed E-state index contributed by atoms with van der Waals surface area (Å²) in [5.41, 5.74) is 11.4. The van der Waals surface area contributed by atoms with Crippen LogP contribution in [0.3, 0.4) is 0 Å². The normalized spacial score (nSPS) is 10.8. The van der Waals surface area contributed by atoms with Gasteiger partial charge in [-0.05, 0) is 65.2 Å². The summed E-state index contributed by atoms with van der Waals surface area (Å²) in [6.07, 6.45) is 0. The van der Waals surface area contributed by atoms with E-state index in [1.54, 1.807) is 36.4 Å². The van der Waals surface area contributed by atoms with Crippen molar-refractivity contribution in [3.8, 4) is 80.3 Å². The highest BCUT2D eigenvalue weighted by Gasteiger charge is 2.22. The Labute approximate surface area is 321 Å². The number of pyridine rings is 1. The number of hydrogen-bond donors (Lipinski definition) is 0. The smallest absolute Gasteiger partial charge is 0.0992 e. The van der Waals surface area contributed by atoms with Gasteiger partial charge in [-0.1, -0.05) is 103 Å². The maximum absolute atomic E-state index is 10.0. The number of fused-ring (bicyclic) bond motifs is 5. The molecule has 56 heavy (non-hydrogen) atoms. The fourth-order valence-corrected chi connectivity index (χ4v) is 7.32. The van der Waals surface area contributed by atoms with Crippen molar-refractivity contribution < 1.29 is 0 Å². The van der Waals surface area contributed by atoms with Crippen LogP contribution in [0.25, 0.3) is 88.7 Å². The maximum Gasteiger partial charge on any atom is 0.0992 e. The monoisotopic (exact) mass is 711 g/mol. The first-order valence-electron chi connectivity index (χ1n) is 17.7. The standard InChI is InChI=1S/C49H25N7/c50-26-30-19-31(27-51)22-38(21-30)34-15-17-37(18-16-34)45-42-25-41(39-23-32(28-52)20-33(24-39)29-53)48-49(44(42)40-13-7-8-14-43(40)54-45)56-47(36-11-5-2-6-12-36)46(55-48)35-9-3-1-4-10-35/h1-25H. The molecule has 9 aromatic rings. The summed E-state index contributed by atoms with van der Waals surface area (Å²) in [7, 11) is 0. The minimum Gasteiger partial charge on any atom is -0.247 e. The van der Waals surface area contributed by atoms with Crippen LogP contribution in [0.4, 0.5) is 0 Å². The summed E-state index contributed by atoms with van der Waals surface area (Å²) >= 11 is 0. The molecule has 0 atom stereocenters. The van der Waals surface area contributed by atoms with Crippen LogP contribution in [0.15, 0.2) is 152 Å². The van der Waals surface area contributed by atoms with Gasteiger partial charge in [-0.25, -0.2) is 15.0 Å². The maximum atomic E-state index is 10.0. The van der Waals surface area contributed by atoms with Crippen molar-refractivity contribution in [2.45, 2.75) is 0 Å². The number of hydrogen-bond acceptors (Lipinski definition) is 7. The van der Waals surface area contributed by atoms with Gasteiger partial charge in [0.05, 0.1) is 80.2 Å². The minimum absolute atomic E-state index is 0.358. The second-order valence-electron chi connectivity index (χ2n) is 13.3. The van der Waals surface area contributed by atoms with E-state index in [2.05, 4.69) is 30.3 Å². The molecule has 7 heteroatoms.